The maximum atomic E-state index is 11.9. The summed E-state index contributed by atoms with van der Waals surface area (Å²) in [5, 5.41) is 33.7. The van der Waals surface area contributed by atoms with Crippen molar-refractivity contribution < 1.29 is 19.7 Å². The summed E-state index contributed by atoms with van der Waals surface area (Å²) < 4.78 is 13.2. The number of hydrogen-bond acceptors (Lipinski definition) is 11. The van der Waals surface area contributed by atoms with E-state index in [0.717, 1.165) is 5.69 Å². The molecule has 5 atom stereocenters. The summed E-state index contributed by atoms with van der Waals surface area (Å²) in [6, 6.07) is 7.11. The van der Waals surface area contributed by atoms with E-state index in [-0.39, 0.29) is 0 Å². The zero-order valence-corrected chi connectivity index (χ0v) is 21.7. The first-order valence-electron chi connectivity index (χ1n) is 11.0. The molecule has 0 aromatic carbocycles. The molecule has 0 saturated carbocycles. The first kappa shape index (κ1) is 25.2. The van der Waals surface area contributed by atoms with Crippen LogP contribution in [0.2, 0.25) is 5.02 Å². The normalized spacial score (nSPS) is 26.3. The number of aromatic nitrogens is 6. The molecule has 5 rings (SSSR count). The van der Waals surface area contributed by atoms with Gasteiger partial charge in [0.05, 0.1) is 29.2 Å². The topological polar surface area (TPSA) is 128 Å². The molecule has 1 saturated heterocycles. The van der Waals surface area contributed by atoms with Gasteiger partial charge in [0.1, 0.15) is 40.0 Å². The van der Waals surface area contributed by atoms with Crippen LogP contribution in [0.4, 0.5) is 0 Å². The fraction of sp³-hybridized carbons (Fsp3) is 0.348. The fourth-order valence-electron chi connectivity index (χ4n) is 4.60. The highest BCUT2D eigenvalue weighted by Gasteiger charge is 2.60. The molecule has 0 unspecified atom stereocenters. The Balaban J connectivity index is 1.83. The minimum absolute atomic E-state index is 0.324. The lowest BCUT2D eigenvalue weighted by Crippen LogP contribution is -2.68. The van der Waals surface area contributed by atoms with E-state index >= 15 is 0 Å². The highest BCUT2D eigenvalue weighted by atomic mass is 35.5. The van der Waals surface area contributed by atoms with Crippen LogP contribution in [0.15, 0.2) is 48.2 Å². The van der Waals surface area contributed by atoms with Crippen LogP contribution in [0.3, 0.4) is 0 Å². The van der Waals surface area contributed by atoms with E-state index in [1.165, 1.54) is 29.3 Å². The predicted molar refractivity (Wildman–Crippen MR) is 137 cm³/mol. The minimum Gasteiger partial charge on any atom is -0.394 e. The number of pyridine rings is 2. The molecule has 13 heteroatoms. The van der Waals surface area contributed by atoms with Gasteiger partial charge >= 0.3 is 0 Å². The maximum absolute atomic E-state index is 11.9. The van der Waals surface area contributed by atoms with Gasteiger partial charge in [-0.05, 0) is 25.1 Å². The van der Waals surface area contributed by atoms with Gasteiger partial charge in [-0.25, -0.2) is 9.67 Å². The van der Waals surface area contributed by atoms with E-state index in [1.54, 1.807) is 30.6 Å². The number of rotatable bonds is 6. The van der Waals surface area contributed by atoms with Crippen LogP contribution in [0.5, 0.6) is 0 Å². The van der Waals surface area contributed by atoms with Gasteiger partial charge in [-0.2, -0.15) is 0 Å². The smallest absolute Gasteiger partial charge is 0.149 e. The molecular formula is C23H23ClN6O4S2. The van der Waals surface area contributed by atoms with Gasteiger partial charge in [-0.3, -0.25) is 9.97 Å². The van der Waals surface area contributed by atoms with Crippen molar-refractivity contribution in [2.75, 3.05) is 13.7 Å². The predicted octanol–water partition coefficient (Wildman–Crippen LogP) is 2.59. The van der Waals surface area contributed by atoms with E-state index in [1.807, 2.05) is 18.4 Å². The van der Waals surface area contributed by atoms with E-state index in [2.05, 4.69) is 37.9 Å². The average molecular weight is 547 g/mol. The molecule has 0 amide bonds. The van der Waals surface area contributed by atoms with Crippen LogP contribution < -0.4 is 0 Å². The molecule has 5 heterocycles. The molecule has 188 valence electrons. The van der Waals surface area contributed by atoms with Crippen molar-refractivity contribution >= 4 is 35.6 Å². The molecule has 4 aromatic heterocycles. The first-order valence-corrected chi connectivity index (χ1v) is 12.8. The lowest BCUT2D eigenvalue weighted by Gasteiger charge is -2.51. The van der Waals surface area contributed by atoms with Crippen molar-refractivity contribution in [3.8, 4) is 22.1 Å². The Hall–Kier alpha value is -2.45. The van der Waals surface area contributed by atoms with Crippen molar-refractivity contribution in [2.45, 2.75) is 36.2 Å². The molecule has 4 aromatic rings. The molecule has 0 bridgehead atoms. The second-order valence-corrected chi connectivity index (χ2v) is 10.1. The molecule has 0 spiro atoms. The molecule has 2 N–H and O–H groups in total. The van der Waals surface area contributed by atoms with E-state index < -0.39 is 35.9 Å². The summed E-state index contributed by atoms with van der Waals surface area (Å²) in [4.78, 5) is 13.6. The number of nitrogens with zero attached hydrogens (tertiary/aromatic N) is 6. The third-order valence-electron chi connectivity index (χ3n) is 6.15. The van der Waals surface area contributed by atoms with Gasteiger partial charge in [0.25, 0.3) is 0 Å². The van der Waals surface area contributed by atoms with Crippen LogP contribution in [-0.4, -0.2) is 77.6 Å². The van der Waals surface area contributed by atoms with Crippen molar-refractivity contribution in [3.63, 3.8) is 0 Å². The molecular weight excluding hydrogens is 524 g/mol. The van der Waals surface area contributed by atoms with Crippen molar-refractivity contribution in [2.24, 2.45) is 0 Å². The number of thiol groups is 1. The van der Waals surface area contributed by atoms with Gasteiger partial charge in [0.15, 0.2) is 0 Å². The highest BCUT2D eigenvalue weighted by molar-refractivity contribution is 7.80. The quantitative estimate of drug-likeness (QED) is 0.312. The minimum atomic E-state index is -1.52. The number of aliphatic hydroxyl groups excluding tert-OH is 2. The SMILES string of the molecule is CO[C@@H]1[C@H](S)O[C@@H](CO)[C@@H](O)[C@@]1(c1cc(Cl)cnc1-c1ccccn1)n1cc(-c2nc(C)cs2)nn1. The van der Waals surface area contributed by atoms with Crippen molar-refractivity contribution in [1.29, 1.82) is 0 Å². The van der Waals surface area contributed by atoms with Crippen molar-refractivity contribution in [1.82, 2.24) is 29.9 Å². The molecule has 10 nitrogen and oxygen atoms in total. The Kier molecular flexibility index (Phi) is 7.10. The second kappa shape index (κ2) is 10.1. The Bertz CT molecular complexity index is 1360. The summed E-state index contributed by atoms with van der Waals surface area (Å²) in [5.41, 5.74) is 0.432. The number of methoxy groups -OCH3 is 1. The Morgan fingerprint density at radius 1 is 1.31 bits per heavy atom. The molecule has 1 aliphatic rings. The Labute approximate surface area is 221 Å². The molecule has 0 aliphatic carbocycles. The van der Waals surface area contributed by atoms with Gasteiger partial charge in [-0.1, -0.05) is 22.9 Å². The summed E-state index contributed by atoms with van der Waals surface area (Å²) in [7, 11) is 1.48. The lowest BCUT2D eigenvalue weighted by atomic mass is 9.74. The van der Waals surface area contributed by atoms with Gasteiger partial charge in [0, 0.05) is 36.1 Å². The number of hydrogen-bond donors (Lipinski definition) is 3. The van der Waals surface area contributed by atoms with E-state index in [4.69, 9.17) is 21.1 Å². The highest BCUT2D eigenvalue weighted by Crippen LogP contribution is 2.47. The second-order valence-electron chi connectivity index (χ2n) is 8.28. The number of aryl methyl sites for hydroxylation is 1. The number of ether oxygens (including phenoxy) is 2. The Morgan fingerprint density at radius 2 is 2.14 bits per heavy atom. The van der Waals surface area contributed by atoms with Crippen LogP contribution in [0.1, 0.15) is 11.3 Å². The molecule has 1 aliphatic heterocycles. The standard InChI is InChI=1S/C23H23ClN6O4S2/c1-12-11-36-21(27-12)16-9-30(29-28-16)23(19(32)17(10-31)34-22(35)20(23)33-2)14-7-13(24)8-26-18(14)15-5-3-4-6-25-15/h3-9,11,17,19-20,22,31-32,35H,10H2,1-2H3/t17-,19+,20+,22-,23+/m0/s1. The zero-order valence-electron chi connectivity index (χ0n) is 19.3. The third-order valence-corrected chi connectivity index (χ3v) is 7.73. The van der Waals surface area contributed by atoms with Gasteiger partial charge in [-0.15, -0.1) is 29.1 Å². The summed E-state index contributed by atoms with van der Waals surface area (Å²) in [6.07, 6.45) is 1.52. The summed E-state index contributed by atoms with van der Waals surface area (Å²) in [6.45, 7) is 1.42. The number of thiazole rings is 1. The molecule has 36 heavy (non-hydrogen) atoms. The monoisotopic (exact) mass is 546 g/mol. The van der Waals surface area contributed by atoms with Crippen molar-refractivity contribution in [3.05, 3.63) is 64.5 Å². The average Bonchev–Trinajstić information content (AvgIpc) is 3.55. The number of halogens is 1. The largest absolute Gasteiger partial charge is 0.394 e. The van der Waals surface area contributed by atoms with Gasteiger partial charge < -0.3 is 19.7 Å². The Morgan fingerprint density at radius 3 is 2.81 bits per heavy atom. The lowest BCUT2D eigenvalue weighted by molar-refractivity contribution is -0.213. The van der Waals surface area contributed by atoms with Crippen LogP contribution in [0, 0.1) is 6.92 Å². The van der Waals surface area contributed by atoms with Crippen LogP contribution in [-0.2, 0) is 15.0 Å². The van der Waals surface area contributed by atoms with E-state index in [0.29, 0.717) is 32.7 Å². The van der Waals surface area contributed by atoms with Crippen LogP contribution in [0.25, 0.3) is 22.1 Å². The maximum Gasteiger partial charge on any atom is 0.149 e. The van der Waals surface area contributed by atoms with E-state index in [9.17, 15) is 10.2 Å². The summed E-state index contributed by atoms with van der Waals surface area (Å²) in [5.74, 6) is 0. The third kappa shape index (κ3) is 4.12. The molecule has 1 fully saturated rings. The van der Waals surface area contributed by atoms with Crippen LogP contribution >= 0.6 is 35.6 Å². The summed E-state index contributed by atoms with van der Waals surface area (Å²) >= 11 is 12.5. The zero-order chi connectivity index (χ0) is 25.4. The first-order chi connectivity index (χ1) is 17.4. The fourth-order valence-corrected chi connectivity index (χ4v) is 6.01. The molecule has 0 radical (unpaired) electrons. The van der Waals surface area contributed by atoms with Gasteiger partial charge in [0.2, 0.25) is 0 Å². The number of aliphatic hydroxyl groups is 2.